The summed E-state index contributed by atoms with van der Waals surface area (Å²) in [6.45, 7) is 4.00. The van der Waals surface area contributed by atoms with Crippen LogP contribution in [0.2, 0.25) is 0 Å². The number of anilines is 3. The minimum Gasteiger partial charge on any atom is -0.363 e. The smallest absolute Gasteiger partial charge is 0.150 e. The molecular formula is C18H19ClFN5. The second-order valence-corrected chi connectivity index (χ2v) is 5.55. The van der Waals surface area contributed by atoms with Crippen molar-refractivity contribution < 1.29 is 4.39 Å². The van der Waals surface area contributed by atoms with Gasteiger partial charge in [0.15, 0.2) is 0 Å². The number of hydrogen-bond acceptors (Lipinski definition) is 5. The number of aromatic nitrogens is 3. The summed E-state index contributed by atoms with van der Waals surface area (Å²) in [7, 11) is 0. The molecule has 25 heavy (non-hydrogen) atoms. The van der Waals surface area contributed by atoms with Gasteiger partial charge in [-0.15, -0.1) is 12.4 Å². The Bertz CT molecular complexity index is 811. The first kappa shape index (κ1) is 18.6. The maximum atomic E-state index is 13.0. The highest BCUT2D eigenvalue weighted by molar-refractivity contribution is 5.85. The van der Waals surface area contributed by atoms with E-state index in [1.165, 1.54) is 12.1 Å². The van der Waals surface area contributed by atoms with Gasteiger partial charge in [-0.2, -0.15) is 0 Å². The molecule has 130 valence electrons. The number of nitrogens with one attached hydrogen (secondary N) is 2. The summed E-state index contributed by atoms with van der Waals surface area (Å²) < 4.78 is 13.0. The molecule has 0 saturated carbocycles. The van der Waals surface area contributed by atoms with Gasteiger partial charge in [0, 0.05) is 18.4 Å². The van der Waals surface area contributed by atoms with Crippen LogP contribution in [-0.4, -0.2) is 15.0 Å². The lowest BCUT2D eigenvalue weighted by molar-refractivity contribution is 0.626. The van der Waals surface area contributed by atoms with E-state index in [9.17, 15) is 4.39 Å². The van der Waals surface area contributed by atoms with Gasteiger partial charge in [0.1, 0.15) is 23.3 Å². The van der Waals surface area contributed by atoms with Crippen molar-refractivity contribution in [3.8, 4) is 0 Å². The molecule has 0 spiro atoms. The molecule has 1 aromatic carbocycles. The van der Waals surface area contributed by atoms with Gasteiger partial charge in [-0.3, -0.25) is 4.98 Å². The molecule has 2 N–H and O–H groups in total. The molecule has 0 unspecified atom stereocenters. The molecule has 0 saturated heterocycles. The van der Waals surface area contributed by atoms with Gasteiger partial charge in [-0.05, 0) is 49.2 Å². The van der Waals surface area contributed by atoms with Gasteiger partial charge in [0.25, 0.3) is 0 Å². The lowest BCUT2D eigenvalue weighted by atomic mass is 10.1. The molecule has 0 radical (unpaired) electrons. The summed E-state index contributed by atoms with van der Waals surface area (Å²) in [5, 5.41) is 6.47. The van der Waals surface area contributed by atoms with Crippen LogP contribution >= 0.6 is 12.4 Å². The van der Waals surface area contributed by atoms with Crippen molar-refractivity contribution in [3.63, 3.8) is 0 Å². The third-order valence-corrected chi connectivity index (χ3v) is 3.52. The fourth-order valence-electron chi connectivity index (χ4n) is 2.36. The zero-order valence-electron chi connectivity index (χ0n) is 13.9. The van der Waals surface area contributed by atoms with E-state index >= 15 is 0 Å². The summed E-state index contributed by atoms with van der Waals surface area (Å²) in [5.41, 5.74) is 2.05. The second-order valence-electron chi connectivity index (χ2n) is 5.55. The second kappa shape index (κ2) is 8.39. The highest BCUT2D eigenvalue weighted by Crippen LogP contribution is 2.22. The first-order chi connectivity index (χ1) is 11.6. The van der Waals surface area contributed by atoms with Crippen LogP contribution in [0.4, 0.5) is 21.8 Å². The molecule has 1 atom stereocenters. The first-order valence-electron chi connectivity index (χ1n) is 7.64. The van der Waals surface area contributed by atoms with Crippen LogP contribution < -0.4 is 10.6 Å². The van der Waals surface area contributed by atoms with E-state index in [1.807, 2.05) is 26.0 Å². The van der Waals surface area contributed by atoms with Gasteiger partial charge in [-0.1, -0.05) is 12.1 Å². The largest absolute Gasteiger partial charge is 0.363 e. The van der Waals surface area contributed by atoms with E-state index in [-0.39, 0.29) is 24.3 Å². The highest BCUT2D eigenvalue weighted by atomic mass is 35.5. The molecule has 2 aromatic heterocycles. The van der Waals surface area contributed by atoms with Gasteiger partial charge < -0.3 is 10.6 Å². The number of pyridine rings is 1. The Morgan fingerprint density at radius 2 is 1.72 bits per heavy atom. The van der Waals surface area contributed by atoms with Crippen LogP contribution in [0.3, 0.4) is 0 Å². The van der Waals surface area contributed by atoms with E-state index in [0.29, 0.717) is 11.6 Å². The van der Waals surface area contributed by atoms with Crippen LogP contribution in [-0.2, 0) is 0 Å². The van der Waals surface area contributed by atoms with Crippen LogP contribution in [0.1, 0.15) is 24.1 Å². The van der Waals surface area contributed by atoms with Crippen molar-refractivity contribution in [1.29, 1.82) is 0 Å². The normalized spacial score (nSPS) is 11.3. The molecule has 0 aliphatic rings. The highest BCUT2D eigenvalue weighted by Gasteiger charge is 2.08. The molecule has 0 bridgehead atoms. The van der Waals surface area contributed by atoms with Gasteiger partial charge in [0.05, 0.1) is 6.20 Å². The predicted octanol–water partition coefficient (Wildman–Crippen LogP) is 4.66. The lowest BCUT2D eigenvalue weighted by Crippen LogP contribution is -2.09. The third-order valence-electron chi connectivity index (χ3n) is 3.52. The third kappa shape index (κ3) is 5.12. The summed E-state index contributed by atoms with van der Waals surface area (Å²) in [6.07, 6.45) is 4.87. The Morgan fingerprint density at radius 3 is 2.40 bits per heavy atom. The topological polar surface area (TPSA) is 62.7 Å². The van der Waals surface area contributed by atoms with E-state index in [0.717, 1.165) is 16.9 Å². The average molecular weight is 360 g/mol. The molecule has 5 nitrogen and oxygen atoms in total. The molecule has 0 aliphatic carbocycles. The minimum absolute atomic E-state index is 0. The van der Waals surface area contributed by atoms with E-state index < -0.39 is 0 Å². The molecule has 0 amide bonds. The van der Waals surface area contributed by atoms with Gasteiger partial charge in [-0.25, -0.2) is 14.4 Å². The molecule has 3 rings (SSSR count). The standard InChI is InChI=1S/C18H18FN5.ClH/c1-12-9-16(22-13(2)14-3-5-15(19)6-4-14)23-17(10-12)24-18-11-20-7-8-21-18;/h3-11,13H,1-2H3,(H2,21,22,23,24);1H/t13-;/m0./s1. The van der Waals surface area contributed by atoms with Crippen molar-refractivity contribution in [2.75, 3.05) is 10.6 Å². The van der Waals surface area contributed by atoms with Crippen LogP contribution in [0.25, 0.3) is 0 Å². The molecule has 0 fully saturated rings. The lowest BCUT2D eigenvalue weighted by Gasteiger charge is -2.16. The Balaban J connectivity index is 0.00000225. The maximum Gasteiger partial charge on any atom is 0.150 e. The van der Waals surface area contributed by atoms with Crippen LogP contribution in [0.5, 0.6) is 0 Å². The Hall–Kier alpha value is -2.73. The Morgan fingerprint density at radius 1 is 1.00 bits per heavy atom. The SMILES string of the molecule is Cc1cc(Nc2cnccn2)nc(N[C@@H](C)c2ccc(F)cc2)c1.Cl. The molecule has 3 aromatic rings. The fourth-order valence-corrected chi connectivity index (χ4v) is 2.36. The summed E-state index contributed by atoms with van der Waals surface area (Å²) in [4.78, 5) is 12.8. The number of nitrogens with zero attached hydrogens (tertiary/aromatic N) is 3. The van der Waals surface area contributed by atoms with Crippen LogP contribution in [0, 0.1) is 12.7 Å². The zero-order valence-corrected chi connectivity index (χ0v) is 14.7. The monoisotopic (exact) mass is 359 g/mol. The summed E-state index contributed by atoms with van der Waals surface area (Å²) >= 11 is 0. The average Bonchev–Trinajstić information content (AvgIpc) is 2.55. The summed E-state index contributed by atoms with van der Waals surface area (Å²) in [5.74, 6) is 1.81. The Kier molecular flexibility index (Phi) is 6.25. The molecule has 0 aliphatic heterocycles. The van der Waals surface area contributed by atoms with Gasteiger partial charge >= 0.3 is 0 Å². The fraction of sp³-hybridized carbons (Fsp3) is 0.167. The number of aryl methyl sites for hydroxylation is 1. The van der Waals surface area contributed by atoms with E-state index in [4.69, 9.17) is 0 Å². The molecule has 7 heteroatoms. The Labute approximate surface area is 152 Å². The molecular weight excluding hydrogens is 341 g/mol. The van der Waals surface area contributed by atoms with Crippen molar-refractivity contribution in [1.82, 2.24) is 15.0 Å². The number of benzene rings is 1. The van der Waals surface area contributed by atoms with E-state index in [2.05, 4.69) is 25.6 Å². The predicted molar refractivity (Wildman–Crippen MR) is 100.0 cm³/mol. The number of hydrogen-bond donors (Lipinski definition) is 2. The van der Waals surface area contributed by atoms with Crippen molar-refractivity contribution in [2.45, 2.75) is 19.9 Å². The molecule has 2 heterocycles. The number of halogens is 2. The van der Waals surface area contributed by atoms with Crippen LogP contribution in [0.15, 0.2) is 55.0 Å². The summed E-state index contributed by atoms with van der Waals surface area (Å²) in [6, 6.07) is 10.3. The van der Waals surface area contributed by atoms with Crippen molar-refractivity contribution in [3.05, 3.63) is 71.9 Å². The van der Waals surface area contributed by atoms with Crippen molar-refractivity contribution >= 4 is 29.9 Å². The van der Waals surface area contributed by atoms with Crippen molar-refractivity contribution in [2.24, 2.45) is 0 Å². The first-order valence-corrected chi connectivity index (χ1v) is 7.64. The minimum atomic E-state index is -0.241. The van der Waals surface area contributed by atoms with Gasteiger partial charge in [0.2, 0.25) is 0 Å². The van der Waals surface area contributed by atoms with E-state index in [1.54, 1.807) is 30.7 Å². The number of rotatable bonds is 5. The quantitative estimate of drug-likeness (QED) is 0.693. The maximum absolute atomic E-state index is 13.0. The zero-order chi connectivity index (χ0) is 16.9.